The number of hydrogen-bond donors (Lipinski definition) is 3. The Morgan fingerprint density at radius 3 is 1.26 bits per heavy atom. The maximum atomic E-state index is 13.2. The van der Waals surface area contributed by atoms with Gasteiger partial charge in [0.1, 0.15) is 0 Å². The number of nitrogens with one attached hydrogen (secondary N) is 2. The average Bonchev–Trinajstić information content (AvgIpc) is 2.88. The lowest BCUT2D eigenvalue weighted by Crippen LogP contribution is -2.33. The van der Waals surface area contributed by atoms with E-state index in [4.69, 9.17) is 9.90 Å². The van der Waals surface area contributed by atoms with E-state index in [0.29, 0.717) is 11.4 Å². The first-order valence-electron chi connectivity index (χ1n) is 12.7. The predicted octanol–water partition coefficient (Wildman–Crippen LogP) is 3.11. The maximum absolute atomic E-state index is 13.2. The number of likely N-dealkylation sites (N-methyl/N-ethyl adjacent to an activating group) is 2. The van der Waals surface area contributed by atoms with Crippen molar-refractivity contribution < 1.29 is 29.1 Å². The maximum Gasteiger partial charge on any atom is 0.300 e. The van der Waals surface area contributed by atoms with Crippen molar-refractivity contribution in [3.63, 3.8) is 0 Å². The molecule has 0 bridgehead atoms. The van der Waals surface area contributed by atoms with Crippen molar-refractivity contribution in [2.75, 3.05) is 49.9 Å². The highest BCUT2D eigenvalue weighted by Crippen LogP contribution is 2.31. The van der Waals surface area contributed by atoms with Crippen molar-refractivity contribution in [2.24, 2.45) is 0 Å². The van der Waals surface area contributed by atoms with Gasteiger partial charge in [-0.1, -0.05) is 27.7 Å². The van der Waals surface area contributed by atoms with Crippen LogP contribution < -0.4 is 10.6 Å². The van der Waals surface area contributed by atoms with Crippen molar-refractivity contribution in [1.29, 1.82) is 0 Å². The van der Waals surface area contributed by atoms with Crippen molar-refractivity contribution in [3.8, 4) is 0 Å². The van der Waals surface area contributed by atoms with Crippen LogP contribution in [0.2, 0.25) is 0 Å². The number of amides is 2. The molecule has 10 nitrogen and oxygen atoms in total. The molecule has 0 saturated heterocycles. The smallest absolute Gasteiger partial charge is 0.300 e. The van der Waals surface area contributed by atoms with Crippen LogP contribution in [0.25, 0.3) is 0 Å². The van der Waals surface area contributed by atoms with Gasteiger partial charge in [0.25, 0.3) is 5.97 Å². The number of rotatable bonds is 10. The molecule has 0 spiro atoms. The van der Waals surface area contributed by atoms with E-state index in [1.54, 1.807) is 36.4 Å². The van der Waals surface area contributed by atoms with E-state index in [-0.39, 0.29) is 58.7 Å². The second kappa shape index (κ2) is 14.2. The molecular formula is C28H36N4O6. The summed E-state index contributed by atoms with van der Waals surface area (Å²) in [4.78, 5) is 64.0. The first-order valence-corrected chi connectivity index (χ1v) is 12.7. The molecule has 2 aromatic carbocycles. The molecule has 2 aromatic rings. The van der Waals surface area contributed by atoms with Gasteiger partial charge in [-0.3, -0.25) is 33.8 Å². The largest absolute Gasteiger partial charge is 0.481 e. The molecule has 0 saturated carbocycles. The molecule has 10 heteroatoms. The molecule has 1 aliphatic carbocycles. The quantitative estimate of drug-likeness (QED) is 0.368. The Labute approximate surface area is 223 Å². The van der Waals surface area contributed by atoms with E-state index >= 15 is 0 Å². The van der Waals surface area contributed by atoms with E-state index in [0.717, 1.165) is 33.1 Å². The number of carboxylic acid groups (broad SMARTS) is 1. The number of hydrogen-bond acceptors (Lipinski definition) is 7. The van der Waals surface area contributed by atoms with Crippen LogP contribution in [0.1, 0.15) is 66.5 Å². The third-order valence-corrected chi connectivity index (χ3v) is 6.11. The fourth-order valence-electron chi connectivity index (χ4n) is 4.01. The molecular weight excluding hydrogens is 488 g/mol. The van der Waals surface area contributed by atoms with Gasteiger partial charge in [-0.15, -0.1) is 0 Å². The van der Waals surface area contributed by atoms with Gasteiger partial charge in [-0.2, -0.15) is 0 Å². The molecule has 204 valence electrons. The van der Waals surface area contributed by atoms with Crippen LogP contribution in [0.3, 0.4) is 0 Å². The van der Waals surface area contributed by atoms with Gasteiger partial charge >= 0.3 is 0 Å². The van der Waals surface area contributed by atoms with E-state index in [9.17, 15) is 19.2 Å². The van der Waals surface area contributed by atoms with Crippen molar-refractivity contribution in [1.82, 2.24) is 9.80 Å². The standard InChI is InChI=1S/C26H32N4O4.C2H4O2/c1-5-29(6-2)15-23(31)27-17-9-11-19-21(13-17)25(33)20-12-10-18(14-22(20)26(19)34)28-24(32)16-30(7-3)8-4;1-2(3)4/h9-14H,5-8,15-16H2,1-4H3,(H,27,31)(H,28,32);1H3,(H,3,4). The highest BCUT2D eigenvalue weighted by atomic mass is 16.4. The number of nitrogens with zero attached hydrogens (tertiary/aromatic N) is 2. The van der Waals surface area contributed by atoms with Crippen molar-refractivity contribution in [3.05, 3.63) is 58.7 Å². The summed E-state index contributed by atoms with van der Waals surface area (Å²) in [6, 6.07) is 9.50. The summed E-state index contributed by atoms with van der Waals surface area (Å²) in [7, 11) is 0. The minimum atomic E-state index is -0.833. The van der Waals surface area contributed by atoms with Crippen LogP contribution in [0.4, 0.5) is 11.4 Å². The molecule has 0 unspecified atom stereocenters. The predicted molar refractivity (Wildman–Crippen MR) is 146 cm³/mol. The monoisotopic (exact) mass is 524 g/mol. The molecule has 0 heterocycles. The Morgan fingerprint density at radius 1 is 0.658 bits per heavy atom. The van der Waals surface area contributed by atoms with Crippen LogP contribution >= 0.6 is 0 Å². The van der Waals surface area contributed by atoms with Crippen LogP contribution in [0.5, 0.6) is 0 Å². The zero-order chi connectivity index (χ0) is 28.4. The third-order valence-electron chi connectivity index (χ3n) is 6.11. The van der Waals surface area contributed by atoms with Crippen LogP contribution in [-0.2, 0) is 14.4 Å². The Hall–Kier alpha value is -3.89. The highest BCUT2D eigenvalue weighted by molar-refractivity contribution is 6.29. The molecule has 0 atom stereocenters. The number of benzene rings is 2. The third kappa shape index (κ3) is 8.06. The zero-order valence-electron chi connectivity index (χ0n) is 22.6. The molecule has 3 N–H and O–H groups in total. The molecule has 3 rings (SSSR count). The Balaban J connectivity index is 0.00000118. The van der Waals surface area contributed by atoms with Crippen LogP contribution in [0.15, 0.2) is 36.4 Å². The molecule has 0 fully saturated rings. The number of ketones is 2. The Morgan fingerprint density at radius 2 is 0.974 bits per heavy atom. The number of anilines is 2. The van der Waals surface area contributed by atoms with Crippen LogP contribution in [0, 0.1) is 0 Å². The minimum Gasteiger partial charge on any atom is -0.481 e. The Bertz CT molecular complexity index is 1110. The van der Waals surface area contributed by atoms with Gasteiger partial charge in [0.05, 0.1) is 13.1 Å². The Kier molecular flexibility index (Phi) is 11.3. The SMILES string of the molecule is CC(=O)O.CCN(CC)CC(=O)Nc1ccc2c(c1)C(=O)c1ccc(NC(=O)CN(CC)CC)cc1C2=O. The number of fused-ring (bicyclic) bond motifs is 2. The minimum absolute atomic E-state index is 0.177. The summed E-state index contributed by atoms with van der Waals surface area (Å²) in [5.74, 6) is -1.76. The fourth-order valence-corrected chi connectivity index (χ4v) is 4.01. The summed E-state index contributed by atoms with van der Waals surface area (Å²) in [5.41, 5.74) is 2.03. The van der Waals surface area contributed by atoms with E-state index in [2.05, 4.69) is 10.6 Å². The summed E-state index contributed by atoms with van der Waals surface area (Å²) in [5, 5.41) is 13.0. The topological polar surface area (TPSA) is 136 Å². The first kappa shape index (κ1) is 30.3. The van der Waals surface area contributed by atoms with Crippen LogP contribution in [-0.4, -0.2) is 83.5 Å². The average molecular weight is 525 g/mol. The van der Waals surface area contributed by atoms with Crippen molar-refractivity contribution in [2.45, 2.75) is 34.6 Å². The summed E-state index contributed by atoms with van der Waals surface area (Å²) < 4.78 is 0. The molecule has 1 aliphatic rings. The lowest BCUT2D eigenvalue weighted by atomic mass is 9.83. The number of carbonyl (C=O) groups is 5. The molecule has 2 amide bonds. The fraction of sp³-hybridized carbons (Fsp3) is 0.393. The normalized spacial score (nSPS) is 11.9. The van der Waals surface area contributed by atoms with E-state index < -0.39 is 5.97 Å². The van der Waals surface area contributed by atoms with Gasteiger partial charge in [0.15, 0.2) is 11.6 Å². The number of aliphatic carboxylic acids is 1. The van der Waals surface area contributed by atoms with Crippen molar-refractivity contribution >= 4 is 40.7 Å². The van der Waals surface area contributed by atoms with Gasteiger partial charge in [0, 0.05) is 40.6 Å². The van der Waals surface area contributed by atoms with E-state index in [1.807, 2.05) is 37.5 Å². The lowest BCUT2D eigenvalue weighted by Gasteiger charge is -2.21. The first-order chi connectivity index (χ1) is 18.0. The van der Waals surface area contributed by atoms with Gasteiger partial charge in [0.2, 0.25) is 11.8 Å². The van der Waals surface area contributed by atoms with Gasteiger partial charge in [-0.25, -0.2) is 0 Å². The molecule has 0 radical (unpaired) electrons. The summed E-state index contributed by atoms with van der Waals surface area (Å²) in [6.45, 7) is 12.6. The number of carbonyl (C=O) groups excluding carboxylic acids is 4. The highest BCUT2D eigenvalue weighted by Gasteiger charge is 2.30. The molecule has 0 aromatic heterocycles. The summed E-state index contributed by atoms with van der Waals surface area (Å²) >= 11 is 0. The lowest BCUT2D eigenvalue weighted by molar-refractivity contribution is -0.134. The van der Waals surface area contributed by atoms with Gasteiger partial charge in [-0.05, 0) is 62.6 Å². The zero-order valence-corrected chi connectivity index (χ0v) is 22.6. The van der Waals surface area contributed by atoms with E-state index in [1.165, 1.54) is 0 Å². The molecule has 38 heavy (non-hydrogen) atoms. The second-order valence-electron chi connectivity index (χ2n) is 8.72. The van der Waals surface area contributed by atoms with Gasteiger partial charge < -0.3 is 15.7 Å². The molecule has 0 aliphatic heterocycles. The number of carboxylic acids is 1. The summed E-state index contributed by atoms with van der Waals surface area (Å²) in [6.07, 6.45) is 0. The second-order valence-corrected chi connectivity index (χ2v) is 8.72.